The zero-order valence-corrected chi connectivity index (χ0v) is 16.1. The predicted molar refractivity (Wildman–Crippen MR) is 115 cm³/mol. The quantitative estimate of drug-likeness (QED) is 0.433. The van der Waals surface area contributed by atoms with Gasteiger partial charge in [-0.1, -0.05) is 6.08 Å². The minimum absolute atomic E-state index is 0.670. The van der Waals surface area contributed by atoms with E-state index >= 15 is 0 Å². The molecule has 5 aromatic heterocycles. The fourth-order valence-corrected chi connectivity index (χ4v) is 3.89. The number of imidazole rings is 1. The molecule has 1 aliphatic heterocycles. The maximum absolute atomic E-state index is 4.91. The Kier molecular flexibility index (Phi) is 3.88. The summed E-state index contributed by atoms with van der Waals surface area (Å²) >= 11 is 0. The second-order valence-electron chi connectivity index (χ2n) is 7.25. The van der Waals surface area contributed by atoms with Crippen LogP contribution in [0.4, 0.5) is 0 Å². The van der Waals surface area contributed by atoms with Gasteiger partial charge in [-0.25, -0.2) is 9.97 Å². The number of hydrogen-bond donors (Lipinski definition) is 3. The molecule has 0 spiro atoms. The molecule has 0 aliphatic carbocycles. The average molecular weight is 394 g/mol. The lowest BCUT2D eigenvalue weighted by molar-refractivity contribution is 0.737. The first-order valence-corrected chi connectivity index (χ1v) is 9.86. The zero-order chi connectivity index (χ0) is 19.9. The number of hydrogen-bond acceptors (Lipinski definition) is 6. The molecule has 0 saturated carbocycles. The number of nitrogens with one attached hydrogen (secondary N) is 3. The lowest BCUT2D eigenvalue weighted by atomic mass is 10.1. The summed E-state index contributed by atoms with van der Waals surface area (Å²) in [6.45, 7) is 1.85. The van der Waals surface area contributed by atoms with Crippen LogP contribution in [0.1, 0.15) is 12.1 Å². The molecule has 0 bridgehead atoms. The molecule has 5 aromatic rings. The van der Waals surface area contributed by atoms with Crippen LogP contribution in [0, 0.1) is 0 Å². The summed E-state index contributed by atoms with van der Waals surface area (Å²) in [5, 5.41) is 10.9. The summed E-state index contributed by atoms with van der Waals surface area (Å²) in [6.07, 6.45) is 10.3. The van der Waals surface area contributed by atoms with Crippen molar-refractivity contribution in [2.24, 2.45) is 0 Å². The highest BCUT2D eigenvalue weighted by Gasteiger charge is 2.17. The monoisotopic (exact) mass is 394 g/mol. The van der Waals surface area contributed by atoms with Crippen molar-refractivity contribution < 1.29 is 0 Å². The molecule has 0 amide bonds. The van der Waals surface area contributed by atoms with E-state index in [0.717, 1.165) is 58.4 Å². The van der Waals surface area contributed by atoms with Crippen LogP contribution in [0.2, 0.25) is 0 Å². The molecule has 8 heteroatoms. The standard InChI is InChI=1S/C22H18N8/c1-2-17-20(26-16(1)14-5-9-24-10-6-14)21(30-29-17)22-27-18-12-25-11-15(19(18)28-22)13-3-7-23-8-4-13/h1-5,7-8,11-12,24H,6,9-10H2,(H,27,28)(H,29,30). The lowest BCUT2D eigenvalue weighted by Gasteiger charge is -2.13. The molecule has 0 fully saturated rings. The Hall–Kier alpha value is -3.91. The van der Waals surface area contributed by atoms with Crippen LogP contribution >= 0.6 is 0 Å². The summed E-state index contributed by atoms with van der Waals surface area (Å²) in [6, 6.07) is 7.99. The molecule has 1 aliphatic rings. The molecule has 8 nitrogen and oxygen atoms in total. The van der Waals surface area contributed by atoms with Crippen LogP contribution in [0.3, 0.4) is 0 Å². The number of rotatable bonds is 3. The van der Waals surface area contributed by atoms with Crippen molar-refractivity contribution >= 4 is 27.6 Å². The second kappa shape index (κ2) is 6.85. The third-order valence-corrected chi connectivity index (χ3v) is 5.41. The second-order valence-corrected chi connectivity index (χ2v) is 7.25. The number of fused-ring (bicyclic) bond motifs is 2. The highest BCUT2D eigenvalue weighted by molar-refractivity contribution is 5.95. The third kappa shape index (κ3) is 2.77. The Morgan fingerprint density at radius 2 is 1.80 bits per heavy atom. The number of aromatic amines is 2. The van der Waals surface area contributed by atoms with E-state index in [1.165, 1.54) is 5.57 Å². The zero-order valence-electron chi connectivity index (χ0n) is 16.1. The molecule has 6 rings (SSSR count). The molecule has 0 atom stereocenters. The van der Waals surface area contributed by atoms with Gasteiger partial charge in [0.2, 0.25) is 0 Å². The van der Waals surface area contributed by atoms with Gasteiger partial charge < -0.3 is 10.3 Å². The summed E-state index contributed by atoms with van der Waals surface area (Å²) in [5.74, 6) is 0.670. The van der Waals surface area contributed by atoms with Gasteiger partial charge in [0.05, 0.1) is 28.4 Å². The Labute approximate surface area is 171 Å². The normalized spacial score (nSPS) is 14.3. The number of aromatic nitrogens is 7. The van der Waals surface area contributed by atoms with Crippen LogP contribution < -0.4 is 5.32 Å². The summed E-state index contributed by atoms with van der Waals surface area (Å²) < 4.78 is 0. The molecule has 0 aromatic carbocycles. The van der Waals surface area contributed by atoms with Crippen LogP contribution in [-0.4, -0.2) is 48.2 Å². The number of nitrogens with zero attached hydrogens (tertiary/aromatic N) is 5. The first-order valence-electron chi connectivity index (χ1n) is 9.86. The van der Waals surface area contributed by atoms with Gasteiger partial charge in [0, 0.05) is 30.7 Å². The molecule has 0 saturated heterocycles. The SMILES string of the molecule is C1=C(c2ccc3[nH]nc(-c4nc5c(-c6ccncc6)cncc5[nH]4)c3n2)CCNC1. The van der Waals surface area contributed by atoms with Crippen molar-refractivity contribution in [1.29, 1.82) is 0 Å². The van der Waals surface area contributed by atoms with Crippen LogP contribution in [0.15, 0.2) is 55.1 Å². The van der Waals surface area contributed by atoms with Crippen LogP contribution in [-0.2, 0) is 0 Å². The van der Waals surface area contributed by atoms with Gasteiger partial charge in [0.1, 0.15) is 5.52 Å². The van der Waals surface area contributed by atoms with Gasteiger partial charge >= 0.3 is 0 Å². The minimum atomic E-state index is 0.670. The summed E-state index contributed by atoms with van der Waals surface area (Å²) in [4.78, 5) is 21.6. The predicted octanol–water partition coefficient (Wildman–Crippen LogP) is 3.33. The van der Waals surface area contributed by atoms with E-state index in [2.05, 4.69) is 36.5 Å². The van der Waals surface area contributed by atoms with Gasteiger partial charge in [0.15, 0.2) is 11.5 Å². The summed E-state index contributed by atoms with van der Waals surface area (Å²) in [7, 11) is 0. The first-order chi connectivity index (χ1) is 14.9. The highest BCUT2D eigenvalue weighted by atomic mass is 15.1. The van der Waals surface area contributed by atoms with Gasteiger partial charge in [0.25, 0.3) is 0 Å². The number of H-pyrrole nitrogens is 2. The molecular weight excluding hydrogens is 376 g/mol. The van der Waals surface area contributed by atoms with E-state index in [9.17, 15) is 0 Å². The Balaban J connectivity index is 1.50. The average Bonchev–Trinajstić information content (AvgIpc) is 3.43. The van der Waals surface area contributed by atoms with Gasteiger partial charge in [-0.15, -0.1) is 0 Å². The van der Waals surface area contributed by atoms with Crippen molar-refractivity contribution in [1.82, 2.24) is 40.4 Å². The van der Waals surface area contributed by atoms with Crippen molar-refractivity contribution in [2.45, 2.75) is 6.42 Å². The Morgan fingerprint density at radius 3 is 2.67 bits per heavy atom. The minimum Gasteiger partial charge on any atom is -0.335 e. The Bertz CT molecular complexity index is 1400. The van der Waals surface area contributed by atoms with E-state index in [1.807, 2.05) is 30.5 Å². The van der Waals surface area contributed by atoms with Crippen molar-refractivity contribution in [3.8, 4) is 22.6 Å². The van der Waals surface area contributed by atoms with E-state index in [0.29, 0.717) is 11.5 Å². The molecule has 0 radical (unpaired) electrons. The van der Waals surface area contributed by atoms with Gasteiger partial charge in [-0.05, 0) is 48.4 Å². The van der Waals surface area contributed by atoms with E-state index < -0.39 is 0 Å². The number of pyridine rings is 3. The smallest absolute Gasteiger partial charge is 0.161 e. The van der Waals surface area contributed by atoms with Gasteiger partial charge in [-0.2, -0.15) is 5.10 Å². The van der Waals surface area contributed by atoms with Crippen molar-refractivity contribution in [3.63, 3.8) is 0 Å². The van der Waals surface area contributed by atoms with E-state index in [4.69, 9.17) is 9.97 Å². The molecule has 3 N–H and O–H groups in total. The molecule has 30 heavy (non-hydrogen) atoms. The molecule has 146 valence electrons. The molecular formula is C22H18N8. The Morgan fingerprint density at radius 1 is 0.867 bits per heavy atom. The fraction of sp³-hybridized carbons (Fsp3) is 0.136. The highest BCUT2D eigenvalue weighted by Crippen LogP contribution is 2.30. The fourth-order valence-electron chi connectivity index (χ4n) is 3.89. The molecule has 6 heterocycles. The maximum atomic E-state index is 4.91. The maximum Gasteiger partial charge on any atom is 0.161 e. The third-order valence-electron chi connectivity index (χ3n) is 5.41. The first kappa shape index (κ1) is 17.0. The van der Waals surface area contributed by atoms with E-state index in [1.54, 1.807) is 18.6 Å². The largest absolute Gasteiger partial charge is 0.335 e. The molecule has 0 unspecified atom stereocenters. The van der Waals surface area contributed by atoms with Crippen molar-refractivity contribution in [3.05, 3.63) is 60.8 Å². The lowest BCUT2D eigenvalue weighted by Crippen LogP contribution is -2.20. The van der Waals surface area contributed by atoms with Crippen molar-refractivity contribution in [2.75, 3.05) is 13.1 Å². The van der Waals surface area contributed by atoms with Crippen LogP contribution in [0.5, 0.6) is 0 Å². The topological polar surface area (TPSA) is 108 Å². The van der Waals surface area contributed by atoms with E-state index in [-0.39, 0.29) is 0 Å². The van der Waals surface area contributed by atoms with Crippen LogP contribution in [0.25, 0.3) is 50.3 Å². The van der Waals surface area contributed by atoms with Gasteiger partial charge in [-0.3, -0.25) is 15.1 Å². The summed E-state index contributed by atoms with van der Waals surface area (Å²) in [5.41, 5.74) is 8.32.